The van der Waals surface area contributed by atoms with E-state index in [9.17, 15) is 19.8 Å². The Hall–Kier alpha value is -2.32. The summed E-state index contributed by atoms with van der Waals surface area (Å²) >= 11 is 0. The topological polar surface area (TPSA) is 99.5 Å². The molecule has 0 bridgehead atoms. The summed E-state index contributed by atoms with van der Waals surface area (Å²) in [6.07, 6.45) is 3.89. The first-order valence-electron chi connectivity index (χ1n) is 11.2. The van der Waals surface area contributed by atoms with Gasteiger partial charge in [-0.05, 0) is 30.5 Å². The van der Waals surface area contributed by atoms with Crippen LogP contribution in [0.4, 0.5) is 0 Å². The fraction of sp³-hybridized carbons (Fsp3) is 0.652. The van der Waals surface area contributed by atoms with E-state index in [0.29, 0.717) is 31.1 Å². The lowest BCUT2D eigenvalue weighted by atomic mass is 9.85. The molecule has 3 atom stereocenters. The highest BCUT2D eigenvalue weighted by molar-refractivity contribution is 5.79. The lowest BCUT2D eigenvalue weighted by Crippen LogP contribution is -2.46. The van der Waals surface area contributed by atoms with Gasteiger partial charge in [0.15, 0.2) is 11.5 Å². The van der Waals surface area contributed by atoms with E-state index < -0.39 is 17.9 Å². The zero-order valence-corrected chi connectivity index (χ0v) is 18.5. The van der Waals surface area contributed by atoms with E-state index >= 15 is 0 Å². The predicted octanol–water partition coefficient (Wildman–Crippen LogP) is 2.31. The highest BCUT2D eigenvalue weighted by atomic mass is 16.7. The highest BCUT2D eigenvalue weighted by Crippen LogP contribution is 2.41. The Morgan fingerprint density at radius 2 is 1.81 bits per heavy atom. The lowest BCUT2D eigenvalue weighted by Gasteiger charge is -2.28. The molecule has 1 saturated heterocycles. The predicted molar refractivity (Wildman–Crippen MR) is 115 cm³/mol. The molecule has 8 nitrogen and oxygen atoms in total. The summed E-state index contributed by atoms with van der Waals surface area (Å²) in [7, 11) is 0. The third-order valence-electron chi connectivity index (χ3n) is 6.30. The Balaban J connectivity index is 1.78. The van der Waals surface area contributed by atoms with Crippen LogP contribution in [0.2, 0.25) is 0 Å². The molecule has 2 aliphatic heterocycles. The first-order valence-corrected chi connectivity index (χ1v) is 11.2. The van der Waals surface area contributed by atoms with Gasteiger partial charge < -0.3 is 24.6 Å². The number of aliphatic hydroxyl groups excluding tert-OH is 1. The number of carbonyl (C=O) groups excluding carboxylic acids is 1. The van der Waals surface area contributed by atoms with Crippen LogP contribution >= 0.6 is 0 Å². The van der Waals surface area contributed by atoms with Gasteiger partial charge in [0.2, 0.25) is 12.7 Å². The normalized spacial score (nSPS) is 22.6. The molecule has 0 aromatic heterocycles. The molecule has 0 radical (unpaired) electrons. The summed E-state index contributed by atoms with van der Waals surface area (Å²) in [6.45, 7) is 5.96. The molecular formula is C23H34N2O6. The number of nitrogens with zero attached hydrogens (tertiary/aromatic N) is 2. The smallest absolute Gasteiger partial charge is 0.308 e. The zero-order chi connectivity index (χ0) is 22.4. The number of benzene rings is 1. The van der Waals surface area contributed by atoms with Crippen LogP contribution in [-0.4, -0.2) is 77.5 Å². The number of fused-ring (bicyclic) bond motifs is 1. The molecule has 1 aromatic carbocycles. The number of aliphatic hydroxyl groups is 1. The Bertz CT molecular complexity index is 762. The number of carboxylic acid groups (broad SMARTS) is 1. The highest BCUT2D eigenvalue weighted by Gasteiger charge is 2.47. The Morgan fingerprint density at radius 3 is 2.42 bits per heavy atom. The molecule has 0 unspecified atom stereocenters. The van der Waals surface area contributed by atoms with Crippen LogP contribution in [0.1, 0.15) is 51.0 Å². The second kappa shape index (κ2) is 10.8. The molecule has 0 aliphatic carbocycles. The maximum Gasteiger partial charge on any atom is 0.308 e. The molecule has 1 amide bonds. The molecule has 31 heavy (non-hydrogen) atoms. The molecular weight excluding hydrogens is 400 g/mol. The van der Waals surface area contributed by atoms with Gasteiger partial charge in [0, 0.05) is 31.6 Å². The molecule has 1 aromatic rings. The monoisotopic (exact) mass is 434 g/mol. The molecule has 2 N–H and O–H groups in total. The number of aliphatic carboxylic acids is 1. The maximum atomic E-state index is 13.1. The van der Waals surface area contributed by atoms with Crippen molar-refractivity contribution >= 4 is 11.9 Å². The van der Waals surface area contributed by atoms with Gasteiger partial charge in [0.25, 0.3) is 0 Å². The van der Waals surface area contributed by atoms with Crippen molar-refractivity contribution in [2.24, 2.45) is 5.92 Å². The number of carboxylic acids is 1. The Morgan fingerprint density at radius 1 is 1.13 bits per heavy atom. The quantitative estimate of drug-likeness (QED) is 0.551. The van der Waals surface area contributed by atoms with Crippen molar-refractivity contribution in [3.63, 3.8) is 0 Å². The lowest BCUT2D eigenvalue weighted by molar-refractivity contribution is -0.144. The minimum atomic E-state index is -0.967. The summed E-state index contributed by atoms with van der Waals surface area (Å²) in [5.74, 6) is -0.889. The fourth-order valence-electron chi connectivity index (χ4n) is 4.53. The number of ether oxygens (including phenoxy) is 2. The van der Waals surface area contributed by atoms with E-state index in [0.717, 1.165) is 31.2 Å². The van der Waals surface area contributed by atoms with Gasteiger partial charge in [-0.3, -0.25) is 14.5 Å². The van der Waals surface area contributed by atoms with E-state index in [1.54, 1.807) is 6.07 Å². The van der Waals surface area contributed by atoms with E-state index in [1.807, 2.05) is 21.9 Å². The van der Waals surface area contributed by atoms with Crippen molar-refractivity contribution < 1.29 is 29.3 Å². The van der Waals surface area contributed by atoms with Crippen molar-refractivity contribution in [2.45, 2.75) is 51.5 Å². The molecule has 172 valence electrons. The van der Waals surface area contributed by atoms with Crippen LogP contribution in [0.5, 0.6) is 11.5 Å². The average Bonchev–Trinajstić information content (AvgIpc) is 3.37. The number of carbonyl (C=O) groups is 2. The molecule has 8 heteroatoms. The van der Waals surface area contributed by atoms with E-state index in [2.05, 4.69) is 13.8 Å². The van der Waals surface area contributed by atoms with Crippen LogP contribution in [-0.2, 0) is 9.59 Å². The third kappa shape index (κ3) is 5.30. The minimum absolute atomic E-state index is 0.00387. The second-order valence-electron chi connectivity index (χ2n) is 8.35. The Kier molecular flexibility index (Phi) is 8.15. The van der Waals surface area contributed by atoms with Gasteiger partial charge in [-0.25, -0.2) is 0 Å². The van der Waals surface area contributed by atoms with Gasteiger partial charge in [-0.1, -0.05) is 32.8 Å². The number of likely N-dealkylation sites (tertiary alicyclic amines) is 1. The summed E-state index contributed by atoms with van der Waals surface area (Å²) in [5, 5.41) is 20.0. The molecule has 2 heterocycles. The van der Waals surface area contributed by atoms with Gasteiger partial charge >= 0.3 is 5.97 Å². The van der Waals surface area contributed by atoms with Crippen molar-refractivity contribution in [1.82, 2.24) is 9.80 Å². The third-order valence-corrected chi connectivity index (χ3v) is 6.30. The standard InChI is InChI=1S/C23H34N2O6/c1-3-5-9-24(10-6-4-2)21(27)13-25-12-17(22(23(28)29)18(25)14-26)16-7-8-19-20(11-16)31-15-30-19/h7-8,11,17-18,22,26H,3-6,9-10,12-15H2,1-2H3,(H,28,29)/t17-,18-,22+/m1/s1. The molecule has 0 saturated carbocycles. The Labute approximate surface area is 183 Å². The molecule has 2 aliphatic rings. The van der Waals surface area contributed by atoms with Gasteiger partial charge in [-0.15, -0.1) is 0 Å². The zero-order valence-electron chi connectivity index (χ0n) is 18.5. The first kappa shape index (κ1) is 23.3. The molecule has 3 rings (SSSR count). The number of unbranched alkanes of at least 4 members (excludes halogenated alkanes) is 2. The average molecular weight is 435 g/mol. The van der Waals surface area contributed by atoms with Gasteiger partial charge in [-0.2, -0.15) is 0 Å². The maximum absolute atomic E-state index is 13.1. The van der Waals surface area contributed by atoms with E-state index in [4.69, 9.17) is 9.47 Å². The minimum Gasteiger partial charge on any atom is -0.481 e. The van der Waals surface area contributed by atoms with Crippen molar-refractivity contribution in [1.29, 1.82) is 0 Å². The first-order chi connectivity index (χ1) is 15.0. The van der Waals surface area contributed by atoms with Crippen LogP contribution in [0.15, 0.2) is 18.2 Å². The van der Waals surface area contributed by atoms with Crippen LogP contribution in [0, 0.1) is 5.92 Å². The molecule has 0 spiro atoms. The van der Waals surface area contributed by atoms with Crippen LogP contribution < -0.4 is 9.47 Å². The van der Waals surface area contributed by atoms with Gasteiger partial charge in [0.1, 0.15) is 0 Å². The largest absolute Gasteiger partial charge is 0.481 e. The molecule has 1 fully saturated rings. The van der Waals surface area contributed by atoms with Crippen molar-refractivity contribution in [2.75, 3.05) is 39.6 Å². The summed E-state index contributed by atoms with van der Waals surface area (Å²) in [4.78, 5) is 28.9. The second-order valence-corrected chi connectivity index (χ2v) is 8.35. The summed E-state index contributed by atoms with van der Waals surface area (Å²) in [5.41, 5.74) is 0.818. The van der Waals surface area contributed by atoms with Crippen LogP contribution in [0.3, 0.4) is 0 Å². The van der Waals surface area contributed by atoms with Crippen molar-refractivity contribution in [3.05, 3.63) is 23.8 Å². The van der Waals surface area contributed by atoms with E-state index in [1.165, 1.54) is 0 Å². The fourth-order valence-corrected chi connectivity index (χ4v) is 4.53. The van der Waals surface area contributed by atoms with Crippen molar-refractivity contribution in [3.8, 4) is 11.5 Å². The summed E-state index contributed by atoms with van der Waals surface area (Å²) in [6, 6.07) is 4.84. The summed E-state index contributed by atoms with van der Waals surface area (Å²) < 4.78 is 10.8. The van der Waals surface area contributed by atoms with Gasteiger partial charge in [0.05, 0.1) is 19.1 Å². The number of hydrogen-bond donors (Lipinski definition) is 2. The number of amides is 1. The van der Waals surface area contributed by atoms with Crippen LogP contribution in [0.25, 0.3) is 0 Å². The SMILES string of the molecule is CCCCN(CCCC)C(=O)CN1C[C@H](c2ccc3c(c2)OCO3)[C@H](C(=O)O)[C@H]1CO. The number of rotatable bonds is 11. The number of hydrogen-bond acceptors (Lipinski definition) is 6. The van der Waals surface area contributed by atoms with E-state index in [-0.39, 0.29) is 31.8 Å².